The Morgan fingerprint density at radius 3 is 2.50 bits per heavy atom. The van der Waals surface area contributed by atoms with E-state index in [1.165, 1.54) is 24.7 Å². The van der Waals surface area contributed by atoms with Gasteiger partial charge in [0.1, 0.15) is 4.90 Å². The molecule has 0 aliphatic rings. The number of aromatic nitrogens is 1. The van der Waals surface area contributed by atoms with Crippen molar-refractivity contribution < 1.29 is 23.4 Å². The lowest BCUT2D eigenvalue weighted by atomic mass is 9.96. The number of hydrogen-bond acceptors (Lipinski definition) is 7. The maximum absolute atomic E-state index is 13.4. The number of aliphatic hydroxyl groups excluding tert-OH is 1. The van der Waals surface area contributed by atoms with Gasteiger partial charge in [-0.2, -0.15) is 15.6 Å². The SMILES string of the molecule is CN(C[C@H](O)CNC(C)(C)CCCc1ccsc1)S(=O)(=O)c1c(Cl)cc(-c2cccc(CCC(=O)O)n2)cc1Cl. The standard InChI is InChI=1S/C28H35Cl2N3O5S2/c1-28(2,12-5-6-19-11-13-39-18-19)31-16-22(34)17-33(3)40(37,38)27-23(29)14-20(15-24(27)30)25-8-4-7-21(32-25)9-10-26(35)36/h4,7-8,11,13-15,18,22,31,34H,5-6,9-10,12,16-17H2,1-3H3,(H,35,36)/t22-/m1/s1. The third-order valence-electron chi connectivity index (χ3n) is 6.50. The van der Waals surface area contributed by atoms with Crippen molar-refractivity contribution >= 4 is 50.5 Å². The summed E-state index contributed by atoms with van der Waals surface area (Å²) in [6.07, 6.45) is 2.13. The Bertz CT molecular complexity index is 1380. The minimum absolute atomic E-state index is 0.0596. The summed E-state index contributed by atoms with van der Waals surface area (Å²) in [4.78, 5) is 15.1. The lowest BCUT2D eigenvalue weighted by molar-refractivity contribution is -0.136. The van der Waals surface area contributed by atoms with E-state index in [4.69, 9.17) is 28.3 Å². The quantitative estimate of drug-likeness (QED) is 0.203. The second-order valence-electron chi connectivity index (χ2n) is 10.4. The van der Waals surface area contributed by atoms with E-state index in [0.717, 1.165) is 23.6 Å². The van der Waals surface area contributed by atoms with Gasteiger partial charge >= 0.3 is 5.97 Å². The molecule has 0 aliphatic carbocycles. The van der Waals surface area contributed by atoms with Crippen LogP contribution in [0, 0.1) is 0 Å². The number of nitrogens with zero attached hydrogens (tertiary/aromatic N) is 2. The Kier molecular flexibility index (Phi) is 11.5. The number of nitrogens with one attached hydrogen (secondary N) is 1. The molecule has 0 saturated carbocycles. The van der Waals surface area contributed by atoms with E-state index in [-0.39, 0.29) is 46.4 Å². The molecule has 12 heteroatoms. The first kappa shape index (κ1) is 32.5. The number of aliphatic hydroxyl groups is 1. The molecule has 1 atom stereocenters. The van der Waals surface area contributed by atoms with Crippen molar-refractivity contribution in [2.75, 3.05) is 20.1 Å². The van der Waals surface area contributed by atoms with Crippen molar-refractivity contribution in [1.82, 2.24) is 14.6 Å². The van der Waals surface area contributed by atoms with Gasteiger partial charge in [0.05, 0.1) is 28.3 Å². The van der Waals surface area contributed by atoms with Gasteiger partial charge in [0.2, 0.25) is 10.0 Å². The molecule has 3 rings (SSSR count). The van der Waals surface area contributed by atoms with Gasteiger partial charge in [0, 0.05) is 43.4 Å². The van der Waals surface area contributed by atoms with Crippen LogP contribution < -0.4 is 5.32 Å². The fraction of sp³-hybridized carbons (Fsp3) is 0.429. The fourth-order valence-electron chi connectivity index (χ4n) is 4.24. The zero-order valence-electron chi connectivity index (χ0n) is 22.7. The van der Waals surface area contributed by atoms with Gasteiger partial charge in [-0.05, 0) is 79.8 Å². The summed E-state index contributed by atoms with van der Waals surface area (Å²) in [6, 6.07) is 10.2. The maximum Gasteiger partial charge on any atom is 0.303 e. The summed E-state index contributed by atoms with van der Waals surface area (Å²) >= 11 is 14.5. The number of carbonyl (C=O) groups is 1. The van der Waals surface area contributed by atoms with Crippen LogP contribution in [0.25, 0.3) is 11.3 Å². The molecule has 2 aromatic heterocycles. The summed E-state index contributed by atoms with van der Waals surface area (Å²) in [5, 5.41) is 26.9. The molecule has 0 aliphatic heterocycles. The summed E-state index contributed by atoms with van der Waals surface area (Å²) in [5.74, 6) is -0.925. The van der Waals surface area contributed by atoms with E-state index in [2.05, 4.69) is 41.0 Å². The average Bonchev–Trinajstić information content (AvgIpc) is 3.39. The number of β-amino-alcohol motifs (C(OH)–C–C–N with tert-alkyl or cyclic N) is 1. The van der Waals surface area contributed by atoms with Gasteiger partial charge in [-0.3, -0.25) is 9.78 Å². The molecule has 1 aromatic carbocycles. The third kappa shape index (κ3) is 9.24. The van der Waals surface area contributed by atoms with Crippen LogP contribution in [0.5, 0.6) is 0 Å². The number of sulfonamides is 1. The van der Waals surface area contributed by atoms with Gasteiger partial charge < -0.3 is 15.5 Å². The largest absolute Gasteiger partial charge is 0.481 e. The van der Waals surface area contributed by atoms with Crippen molar-refractivity contribution in [3.63, 3.8) is 0 Å². The molecule has 3 aromatic rings. The lowest BCUT2D eigenvalue weighted by Gasteiger charge is -2.29. The van der Waals surface area contributed by atoms with Crippen LogP contribution in [0.15, 0.2) is 52.1 Å². The minimum atomic E-state index is -4.12. The van der Waals surface area contributed by atoms with Gasteiger partial charge in [0.15, 0.2) is 0 Å². The summed E-state index contributed by atoms with van der Waals surface area (Å²) in [7, 11) is -2.74. The topological polar surface area (TPSA) is 120 Å². The smallest absolute Gasteiger partial charge is 0.303 e. The molecule has 0 radical (unpaired) electrons. The lowest BCUT2D eigenvalue weighted by Crippen LogP contribution is -2.46. The summed E-state index contributed by atoms with van der Waals surface area (Å²) in [5.41, 5.74) is 2.66. The molecule has 2 heterocycles. The van der Waals surface area contributed by atoms with Crippen LogP contribution in [-0.2, 0) is 27.7 Å². The zero-order valence-corrected chi connectivity index (χ0v) is 25.9. The molecule has 218 valence electrons. The third-order valence-corrected chi connectivity index (χ3v) is 9.97. The average molecular weight is 629 g/mol. The number of aliphatic carboxylic acids is 1. The molecule has 0 unspecified atom stereocenters. The number of likely N-dealkylation sites (N-methyl/N-ethyl adjacent to an activating group) is 1. The molecule has 3 N–H and O–H groups in total. The number of halogens is 2. The van der Waals surface area contributed by atoms with Gasteiger partial charge in [-0.15, -0.1) is 0 Å². The number of hydrogen-bond donors (Lipinski definition) is 3. The van der Waals surface area contributed by atoms with Crippen molar-refractivity contribution in [3.05, 3.63) is 68.5 Å². The van der Waals surface area contributed by atoms with Crippen molar-refractivity contribution in [1.29, 1.82) is 0 Å². The van der Waals surface area contributed by atoms with E-state index >= 15 is 0 Å². The fourth-order valence-corrected chi connectivity index (χ4v) is 7.30. The van der Waals surface area contributed by atoms with Gasteiger partial charge in [0.25, 0.3) is 0 Å². The molecule has 0 fully saturated rings. The maximum atomic E-state index is 13.4. The predicted molar refractivity (Wildman–Crippen MR) is 161 cm³/mol. The monoisotopic (exact) mass is 627 g/mol. The van der Waals surface area contributed by atoms with Crippen LogP contribution in [0.3, 0.4) is 0 Å². The zero-order chi connectivity index (χ0) is 29.5. The van der Waals surface area contributed by atoms with Crippen LogP contribution in [0.2, 0.25) is 10.0 Å². The molecule has 0 bridgehead atoms. The minimum Gasteiger partial charge on any atom is -0.481 e. The predicted octanol–water partition coefficient (Wildman–Crippen LogP) is 5.51. The van der Waals surface area contributed by atoms with E-state index in [0.29, 0.717) is 17.0 Å². The second-order valence-corrected chi connectivity index (χ2v) is 13.9. The Morgan fingerprint density at radius 1 is 1.18 bits per heavy atom. The molecular weight excluding hydrogens is 593 g/mol. The van der Waals surface area contributed by atoms with E-state index < -0.39 is 22.1 Å². The molecule has 8 nitrogen and oxygen atoms in total. The number of pyridine rings is 1. The molecule has 0 amide bonds. The number of aryl methyl sites for hydroxylation is 2. The first-order valence-corrected chi connectivity index (χ1v) is 16.0. The van der Waals surface area contributed by atoms with Gasteiger partial charge in [-0.1, -0.05) is 29.3 Å². The van der Waals surface area contributed by atoms with Crippen molar-refractivity contribution in [2.45, 2.75) is 62.5 Å². The Balaban J connectivity index is 1.63. The number of thiophene rings is 1. The van der Waals surface area contributed by atoms with Crippen molar-refractivity contribution in [2.24, 2.45) is 0 Å². The van der Waals surface area contributed by atoms with Gasteiger partial charge in [-0.25, -0.2) is 8.42 Å². The van der Waals surface area contributed by atoms with Crippen molar-refractivity contribution in [3.8, 4) is 11.3 Å². The highest BCUT2D eigenvalue weighted by Crippen LogP contribution is 2.36. The van der Waals surface area contributed by atoms with E-state index in [1.54, 1.807) is 29.5 Å². The Hall–Kier alpha value is -2.05. The Morgan fingerprint density at radius 2 is 1.88 bits per heavy atom. The van der Waals surface area contributed by atoms with Crippen LogP contribution in [0.4, 0.5) is 0 Å². The van der Waals surface area contributed by atoms with Crippen LogP contribution >= 0.6 is 34.5 Å². The highest BCUT2D eigenvalue weighted by atomic mass is 35.5. The molecular formula is C28H35Cl2N3O5S2. The normalized spacial score (nSPS) is 13.1. The molecule has 0 spiro atoms. The molecule has 40 heavy (non-hydrogen) atoms. The second kappa shape index (κ2) is 14.2. The first-order valence-electron chi connectivity index (χ1n) is 12.9. The number of carboxylic acids is 1. The molecule has 0 saturated heterocycles. The summed E-state index contributed by atoms with van der Waals surface area (Å²) in [6.45, 7) is 4.19. The highest BCUT2D eigenvalue weighted by Gasteiger charge is 2.29. The van der Waals surface area contributed by atoms with E-state index in [1.807, 2.05) is 0 Å². The number of benzene rings is 1. The van der Waals surface area contributed by atoms with Crippen LogP contribution in [-0.4, -0.2) is 65.7 Å². The highest BCUT2D eigenvalue weighted by molar-refractivity contribution is 7.89. The Labute approximate surface area is 250 Å². The van der Waals surface area contributed by atoms with Crippen LogP contribution in [0.1, 0.15) is 44.4 Å². The number of carboxylic acid groups (broad SMARTS) is 1. The van der Waals surface area contributed by atoms with E-state index in [9.17, 15) is 18.3 Å². The summed E-state index contributed by atoms with van der Waals surface area (Å²) < 4.78 is 27.8. The first-order chi connectivity index (χ1) is 18.8. The number of rotatable bonds is 15.